The quantitative estimate of drug-likeness (QED) is 0.879. The Balaban J connectivity index is 1.63. The van der Waals surface area contributed by atoms with Gasteiger partial charge in [-0.3, -0.25) is 14.6 Å². The van der Waals surface area contributed by atoms with Gasteiger partial charge in [0.05, 0.1) is 24.5 Å². The first kappa shape index (κ1) is 16.0. The van der Waals surface area contributed by atoms with E-state index in [9.17, 15) is 9.59 Å². The van der Waals surface area contributed by atoms with Gasteiger partial charge in [-0.25, -0.2) is 0 Å². The largest absolute Gasteiger partial charge is 0.471 e. The Kier molecular flexibility index (Phi) is 4.45. The Morgan fingerprint density at radius 2 is 2.21 bits per heavy atom. The summed E-state index contributed by atoms with van der Waals surface area (Å²) < 4.78 is 5.85. The summed E-state index contributed by atoms with van der Waals surface area (Å²) in [6.07, 6.45) is 5.27. The fourth-order valence-electron chi connectivity index (χ4n) is 2.52. The summed E-state index contributed by atoms with van der Waals surface area (Å²) in [7, 11) is 3.77. The molecule has 0 spiro atoms. The molecule has 126 valence electrons. The molecular weight excluding hydrogens is 310 g/mol. The minimum Gasteiger partial charge on any atom is -0.471 e. The number of ether oxygens (including phenoxy) is 1. The molecule has 1 N–H and O–H groups in total. The number of hydrogen-bond acceptors (Lipinski definition) is 6. The Hall–Kier alpha value is -2.90. The summed E-state index contributed by atoms with van der Waals surface area (Å²) in [5, 5.41) is 0. The molecule has 1 amide bonds. The van der Waals surface area contributed by atoms with Crippen LogP contribution in [0.2, 0.25) is 0 Å². The van der Waals surface area contributed by atoms with Crippen molar-refractivity contribution in [2.45, 2.75) is 12.5 Å². The van der Waals surface area contributed by atoms with Crippen LogP contribution in [0.5, 0.6) is 5.88 Å². The van der Waals surface area contributed by atoms with Crippen molar-refractivity contribution in [2.24, 2.45) is 0 Å². The fourth-order valence-corrected chi connectivity index (χ4v) is 2.52. The number of aromatic amines is 1. The number of carbonyl (C=O) groups excluding carboxylic acids is 1. The summed E-state index contributed by atoms with van der Waals surface area (Å²) in [6, 6.07) is 2.88. The third kappa shape index (κ3) is 3.53. The van der Waals surface area contributed by atoms with Crippen molar-refractivity contribution in [3.05, 3.63) is 46.6 Å². The number of nitrogens with one attached hydrogen (secondary N) is 1. The highest BCUT2D eigenvalue weighted by atomic mass is 16.5. The molecule has 0 unspecified atom stereocenters. The number of pyridine rings is 1. The van der Waals surface area contributed by atoms with Crippen LogP contribution in [0.4, 0.5) is 5.82 Å². The molecule has 8 heteroatoms. The Morgan fingerprint density at radius 3 is 2.92 bits per heavy atom. The van der Waals surface area contributed by atoms with Gasteiger partial charge in [0.25, 0.3) is 5.91 Å². The normalized spacial score (nSPS) is 16.9. The Morgan fingerprint density at radius 1 is 1.38 bits per heavy atom. The van der Waals surface area contributed by atoms with Gasteiger partial charge in [-0.05, 0) is 6.07 Å². The monoisotopic (exact) mass is 329 g/mol. The zero-order valence-electron chi connectivity index (χ0n) is 13.6. The molecule has 2 aromatic rings. The number of nitrogens with zero attached hydrogens (tertiary/aromatic N) is 4. The third-order valence-corrected chi connectivity index (χ3v) is 3.81. The first-order chi connectivity index (χ1) is 11.5. The highest BCUT2D eigenvalue weighted by Crippen LogP contribution is 2.19. The molecule has 1 fully saturated rings. The standard InChI is InChI=1S/C16H19N5O3/c1-20(2)13-8-17-9-15(19-13)24-12-5-6-21(10-12)16(23)11-3-4-14(22)18-7-11/h3-4,7-9,12H,5-6,10H2,1-2H3,(H,18,22)/t12-/m1/s1. The van der Waals surface area contributed by atoms with Gasteiger partial charge < -0.3 is 19.5 Å². The second-order valence-corrected chi connectivity index (χ2v) is 5.83. The van der Waals surface area contributed by atoms with E-state index in [4.69, 9.17) is 4.74 Å². The van der Waals surface area contributed by atoms with Crippen LogP contribution in [0, 0.1) is 0 Å². The number of hydrogen-bond donors (Lipinski definition) is 1. The minimum atomic E-state index is -0.228. The molecule has 1 saturated heterocycles. The van der Waals surface area contributed by atoms with E-state index in [-0.39, 0.29) is 17.6 Å². The van der Waals surface area contributed by atoms with E-state index < -0.39 is 0 Å². The van der Waals surface area contributed by atoms with Gasteiger partial charge in [0.1, 0.15) is 6.10 Å². The average Bonchev–Trinajstić information content (AvgIpc) is 3.03. The molecule has 1 atom stereocenters. The van der Waals surface area contributed by atoms with Gasteiger partial charge in [0.15, 0.2) is 5.82 Å². The molecule has 0 bridgehead atoms. The molecule has 0 aliphatic carbocycles. The summed E-state index contributed by atoms with van der Waals surface area (Å²) in [5.74, 6) is 1.04. The predicted molar refractivity (Wildman–Crippen MR) is 88.4 cm³/mol. The van der Waals surface area contributed by atoms with Crippen molar-refractivity contribution in [3.8, 4) is 5.88 Å². The number of likely N-dealkylation sites (tertiary alicyclic amines) is 1. The second kappa shape index (κ2) is 6.69. The fraction of sp³-hybridized carbons (Fsp3) is 0.375. The van der Waals surface area contributed by atoms with E-state index in [2.05, 4.69) is 15.0 Å². The van der Waals surface area contributed by atoms with E-state index >= 15 is 0 Å². The van der Waals surface area contributed by atoms with Gasteiger partial charge in [0, 0.05) is 39.3 Å². The van der Waals surface area contributed by atoms with E-state index in [0.29, 0.717) is 30.4 Å². The summed E-state index contributed by atoms with van der Waals surface area (Å²) in [5.41, 5.74) is 0.234. The molecule has 24 heavy (non-hydrogen) atoms. The SMILES string of the molecule is CN(C)c1cncc(O[C@@H]2CCN(C(=O)c3ccc(=O)[nH]c3)C2)n1. The van der Waals surface area contributed by atoms with Gasteiger partial charge in [-0.2, -0.15) is 4.98 Å². The van der Waals surface area contributed by atoms with E-state index in [1.54, 1.807) is 17.3 Å². The van der Waals surface area contributed by atoms with E-state index in [0.717, 1.165) is 6.42 Å². The maximum atomic E-state index is 12.4. The van der Waals surface area contributed by atoms with E-state index in [1.165, 1.54) is 18.3 Å². The maximum absolute atomic E-state index is 12.4. The number of amides is 1. The highest BCUT2D eigenvalue weighted by Gasteiger charge is 2.28. The molecule has 1 aliphatic rings. The van der Waals surface area contributed by atoms with Crippen LogP contribution >= 0.6 is 0 Å². The average molecular weight is 329 g/mol. The van der Waals surface area contributed by atoms with Crippen LogP contribution < -0.4 is 15.2 Å². The minimum absolute atomic E-state index is 0.120. The highest BCUT2D eigenvalue weighted by molar-refractivity contribution is 5.94. The van der Waals surface area contributed by atoms with Crippen LogP contribution in [0.1, 0.15) is 16.8 Å². The second-order valence-electron chi connectivity index (χ2n) is 5.83. The van der Waals surface area contributed by atoms with Gasteiger partial charge in [-0.15, -0.1) is 0 Å². The third-order valence-electron chi connectivity index (χ3n) is 3.81. The van der Waals surface area contributed by atoms with Crippen LogP contribution in [0.25, 0.3) is 0 Å². The lowest BCUT2D eigenvalue weighted by Gasteiger charge is -2.17. The molecule has 1 aliphatic heterocycles. The molecule has 3 rings (SSSR count). The van der Waals surface area contributed by atoms with Crippen LogP contribution in [-0.4, -0.2) is 59.0 Å². The van der Waals surface area contributed by atoms with Crippen molar-refractivity contribution in [1.29, 1.82) is 0 Å². The van der Waals surface area contributed by atoms with Gasteiger partial charge >= 0.3 is 0 Å². The lowest BCUT2D eigenvalue weighted by Crippen LogP contribution is -2.31. The Bertz CT molecular complexity index is 769. The first-order valence-electron chi connectivity index (χ1n) is 7.67. The van der Waals surface area contributed by atoms with E-state index in [1.807, 2.05) is 19.0 Å². The lowest BCUT2D eigenvalue weighted by atomic mass is 10.2. The van der Waals surface area contributed by atoms with Crippen LogP contribution in [0.15, 0.2) is 35.5 Å². The van der Waals surface area contributed by atoms with Gasteiger partial charge in [-0.1, -0.05) is 0 Å². The van der Waals surface area contributed by atoms with Crippen molar-refractivity contribution in [2.75, 3.05) is 32.1 Å². The zero-order valence-corrected chi connectivity index (χ0v) is 13.6. The number of carbonyl (C=O) groups is 1. The lowest BCUT2D eigenvalue weighted by molar-refractivity contribution is 0.0770. The molecule has 8 nitrogen and oxygen atoms in total. The topological polar surface area (TPSA) is 91.4 Å². The number of rotatable bonds is 4. The van der Waals surface area contributed by atoms with Crippen molar-refractivity contribution in [3.63, 3.8) is 0 Å². The number of aromatic nitrogens is 3. The first-order valence-corrected chi connectivity index (χ1v) is 7.67. The molecule has 0 radical (unpaired) electrons. The summed E-state index contributed by atoms with van der Waals surface area (Å²) in [4.78, 5) is 38.1. The maximum Gasteiger partial charge on any atom is 0.255 e. The van der Waals surface area contributed by atoms with Gasteiger partial charge in [0.2, 0.25) is 11.4 Å². The van der Waals surface area contributed by atoms with Crippen molar-refractivity contribution in [1.82, 2.24) is 19.9 Å². The molecule has 0 saturated carbocycles. The predicted octanol–water partition coefficient (Wildman–Crippen LogP) is 0.524. The molecule has 3 heterocycles. The zero-order chi connectivity index (χ0) is 17.1. The Labute approximate surface area is 139 Å². The van der Waals surface area contributed by atoms with Crippen LogP contribution in [-0.2, 0) is 0 Å². The molecule has 0 aromatic carbocycles. The summed E-state index contributed by atoms with van der Waals surface area (Å²) >= 11 is 0. The smallest absolute Gasteiger partial charge is 0.255 e. The molecule has 2 aromatic heterocycles. The van der Waals surface area contributed by atoms with Crippen LogP contribution in [0.3, 0.4) is 0 Å². The number of anilines is 1. The van der Waals surface area contributed by atoms with Crippen molar-refractivity contribution < 1.29 is 9.53 Å². The van der Waals surface area contributed by atoms with Crippen molar-refractivity contribution >= 4 is 11.7 Å². The summed E-state index contributed by atoms with van der Waals surface area (Å²) in [6.45, 7) is 1.08. The number of H-pyrrole nitrogens is 1. The molecular formula is C16H19N5O3.